The Bertz CT molecular complexity index is 227. The topological polar surface area (TPSA) is 66.8 Å². The number of carbonyl (C=O) groups is 1. The molecule has 2 rings (SSSR count). The minimum absolute atomic E-state index is 0.289. The molecule has 1 aliphatic heterocycles. The maximum absolute atomic E-state index is 11.2. The summed E-state index contributed by atoms with van der Waals surface area (Å²) in [5.41, 5.74) is -0.566. The van der Waals surface area contributed by atoms with E-state index in [2.05, 4.69) is 0 Å². The fourth-order valence-corrected chi connectivity index (χ4v) is 2.04. The van der Waals surface area contributed by atoms with E-state index in [0.717, 1.165) is 0 Å². The first-order valence-corrected chi connectivity index (χ1v) is 4.10. The van der Waals surface area contributed by atoms with Crippen molar-refractivity contribution in [2.75, 3.05) is 0 Å². The maximum atomic E-state index is 11.2. The van der Waals surface area contributed by atoms with Gasteiger partial charge in [0.05, 0.1) is 11.5 Å². The molecule has 0 aromatic carbocycles. The van der Waals surface area contributed by atoms with Gasteiger partial charge in [-0.2, -0.15) is 0 Å². The van der Waals surface area contributed by atoms with Crippen molar-refractivity contribution in [2.45, 2.75) is 38.1 Å². The Hall–Kier alpha value is -0.610. The molecule has 4 unspecified atom stereocenters. The van der Waals surface area contributed by atoms with Gasteiger partial charge in [0.1, 0.15) is 12.2 Å². The van der Waals surface area contributed by atoms with Crippen LogP contribution < -0.4 is 0 Å². The van der Waals surface area contributed by atoms with Gasteiger partial charge >= 0.3 is 5.97 Å². The average molecular weight is 172 g/mol. The number of fused-ring (bicyclic) bond motifs is 2. The lowest BCUT2D eigenvalue weighted by Crippen LogP contribution is -2.43. The highest BCUT2D eigenvalue weighted by Crippen LogP contribution is 2.44. The summed E-state index contributed by atoms with van der Waals surface area (Å²) < 4.78 is 4.92. The molecule has 4 atom stereocenters. The second-order valence-electron chi connectivity index (χ2n) is 3.97. The Kier molecular flexibility index (Phi) is 1.47. The molecule has 68 valence electrons. The quantitative estimate of drug-likeness (QED) is 0.480. The van der Waals surface area contributed by atoms with Gasteiger partial charge in [0, 0.05) is 6.42 Å². The van der Waals surface area contributed by atoms with Crippen LogP contribution >= 0.6 is 0 Å². The summed E-state index contributed by atoms with van der Waals surface area (Å²) in [5, 5.41) is 18.7. The third-order valence-electron chi connectivity index (χ3n) is 2.84. The minimum Gasteiger partial charge on any atom is -0.459 e. The van der Waals surface area contributed by atoms with Gasteiger partial charge in [-0.15, -0.1) is 0 Å². The van der Waals surface area contributed by atoms with E-state index in [1.807, 2.05) is 0 Å². The molecule has 12 heavy (non-hydrogen) atoms. The monoisotopic (exact) mass is 172 g/mol. The van der Waals surface area contributed by atoms with Crippen molar-refractivity contribution in [3.05, 3.63) is 0 Å². The lowest BCUT2D eigenvalue weighted by molar-refractivity contribution is -0.149. The SMILES string of the molecule is CC12CC(O)C(O)C(C1)OC2=O. The molecule has 2 fully saturated rings. The molecular formula is C8H12O4. The van der Waals surface area contributed by atoms with Gasteiger partial charge in [-0.1, -0.05) is 0 Å². The smallest absolute Gasteiger partial charge is 0.312 e. The normalized spacial score (nSPS) is 52.2. The summed E-state index contributed by atoms with van der Waals surface area (Å²) in [7, 11) is 0. The second-order valence-corrected chi connectivity index (χ2v) is 3.97. The number of rotatable bonds is 0. The van der Waals surface area contributed by atoms with Crippen LogP contribution in [-0.4, -0.2) is 34.5 Å². The van der Waals surface area contributed by atoms with Crippen LogP contribution in [0.1, 0.15) is 19.8 Å². The zero-order chi connectivity index (χ0) is 8.93. The molecule has 1 heterocycles. The van der Waals surface area contributed by atoms with Crippen LogP contribution in [-0.2, 0) is 9.53 Å². The first kappa shape index (κ1) is 8.01. The first-order valence-electron chi connectivity index (χ1n) is 4.10. The highest BCUT2D eigenvalue weighted by Gasteiger charge is 2.54. The predicted molar refractivity (Wildman–Crippen MR) is 39.2 cm³/mol. The Labute approximate surface area is 70.1 Å². The highest BCUT2D eigenvalue weighted by molar-refractivity contribution is 5.79. The lowest BCUT2D eigenvalue weighted by Gasteiger charge is -2.31. The summed E-state index contributed by atoms with van der Waals surface area (Å²) in [6.07, 6.45) is -1.37. The average Bonchev–Trinajstić information content (AvgIpc) is 2.22. The summed E-state index contributed by atoms with van der Waals surface area (Å²) in [6.45, 7) is 1.77. The van der Waals surface area contributed by atoms with Gasteiger partial charge in [0.25, 0.3) is 0 Å². The van der Waals surface area contributed by atoms with Crippen LogP contribution in [0.5, 0.6) is 0 Å². The third kappa shape index (κ3) is 0.881. The number of ether oxygens (including phenoxy) is 1. The molecular weight excluding hydrogens is 160 g/mol. The van der Waals surface area contributed by atoms with E-state index in [-0.39, 0.29) is 5.97 Å². The van der Waals surface area contributed by atoms with E-state index in [1.54, 1.807) is 6.92 Å². The molecule has 2 aliphatic rings. The molecule has 2 bridgehead atoms. The predicted octanol–water partition coefficient (Wildman–Crippen LogP) is -0.566. The molecule has 2 N–H and O–H groups in total. The van der Waals surface area contributed by atoms with Crippen LogP contribution in [0.3, 0.4) is 0 Å². The number of aliphatic hydroxyl groups is 2. The summed E-state index contributed by atoms with van der Waals surface area (Å²) in [6, 6.07) is 0. The van der Waals surface area contributed by atoms with E-state index in [9.17, 15) is 15.0 Å². The first-order chi connectivity index (χ1) is 5.53. The van der Waals surface area contributed by atoms with Crippen molar-refractivity contribution in [3.63, 3.8) is 0 Å². The van der Waals surface area contributed by atoms with Crippen molar-refractivity contribution in [1.82, 2.24) is 0 Å². The Balaban J connectivity index is 2.28. The van der Waals surface area contributed by atoms with Crippen LogP contribution in [0.15, 0.2) is 0 Å². The van der Waals surface area contributed by atoms with Gasteiger partial charge in [-0.25, -0.2) is 0 Å². The van der Waals surface area contributed by atoms with Crippen molar-refractivity contribution in [2.24, 2.45) is 5.41 Å². The number of esters is 1. The zero-order valence-corrected chi connectivity index (χ0v) is 6.86. The van der Waals surface area contributed by atoms with Gasteiger partial charge in [0.15, 0.2) is 0 Å². The van der Waals surface area contributed by atoms with Crippen molar-refractivity contribution >= 4 is 5.97 Å². The molecule has 0 amide bonds. The van der Waals surface area contributed by atoms with Crippen molar-refractivity contribution in [1.29, 1.82) is 0 Å². The van der Waals surface area contributed by atoms with Crippen LogP contribution in [0, 0.1) is 5.41 Å². The summed E-state index contributed by atoms with van der Waals surface area (Å²) >= 11 is 0. The molecule has 1 saturated heterocycles. The number of carbonyl (C=O) groups excluding carboxylic acids is 1. The highest BCUT2D eigenvalue weighted by atomic mass is 16.6. The maximum Gasteiger partial charge on any atom is 0.312 e. The van der Waals surface area contributed by atoms with Crippen LogP contribution in [0.2, 0.25) is 0 Å². The third-order valence-corrected chi connectivity index (χ3v) is 2.84. The molecule has 0 spiro atoms. The van der Waals surface area contributed by atoms with Crippen LogP contribution in [0.25, 0.3) is 0 Å². The van der Waals surface area contributed by atoms with Crippen LogP contribution in [0.4, 0.5) is 0 Å². The van der Waals surface area contributed by atoms with E-state index < -0.39 is 23.7 Å². The van der Waals surface area contributed by atoms with Crippen molar-refractivity contribution < 1.29 is 19.7 Å². The van der Waals surface area contributed by atoms with E-state index >= 15 is 0 Å². The fraction of sp³-hybridized carbons (Fsp3) is 0.875. The van der Waals surface area contributed by atoms with Gasteiger partial charge in [-0.05, 0) is 13.3 Å². The van der Waals surface area contributed by atoms with Gasteiger partial charge in [-0.3, -0.25) is 4.79 Å². The molecule has 0 aromatic heterocycles. The van der Waals surface area contributed by atoms with E-state index in [4.69, 9.17) is 4.74 Å². The lowest BCUT2D eigenvalue weighted by atomic mass is 9.74. The van der Waals surface area contributed by atoms with E-state index in [0.29, 0.717) is 12.8 Å². The molecule has 1 saturated carbocycles. The summed E-state index contributed by atoms with van der Waals surface area (Å²) in [5.74, 6) is -0.289. The molecule has 1 aliphatic carbocycles. The minimum atomic E-state index is -0.899. The second kappa shape index (κ2) is 2.20. The molecule has 4 nitrogen and oxygen atoms in total. The number of hydrogen-bond acceptors (Lipinski definition) is 4. The Morgan fingerprint density at radius 1 is 1.50 bits per heavy atom. The van der Waals surface area contributed by atoms with E-state index in [1.165, 1.54) is 0 Å². The number of aliphatic hydroxyl groups excluding tert-OH is 2. The standard InChI is InChI=1S/C8H12O4/c1-8-2-4(9)6(10)5(3-8)12-7(8)11/h4-6,9-10H,2-3H2,1H3. The Morgan fingerprint density at radius 3 is 2.83 bits per heavy atom. The molecule has 0 radical (unpaired) electrons. The fourth-order valence-electron chi connectivity index (χ4n) is 2.04. The Morgan fingerprint density at radius 2 is 2.17 bits per heavy atom. The molecule has 4 heteroatoms. The summed E-state index contributed by atoms with van der Waals surface area (Å²) in [4.78, 5) is 11.2. The number of hydrogen-bond donors (Lipinski definition) is 2. The van der Waals surface area contributed by atoms with Gasteiger partial charge in [0.2, 0.25) is 0 Å². The molecule has 0 aromatic rings. The largest absolute Gasteiger partial charge is 0.459 e. The van der Waals surface area contributed by atoms with Gasteiger partial charge < -0.3 is 14.9 Å². The zero-order valence-electron chi connectivity index (χ0n) is 6.86. The van der Waals surface area contributed by atoms with Crippen molar-refractivity contribution in [3.8, 4) is 0 Å².